The lowest BCUT2D eigenvalue weighted by Gasteiger charge is -2.36. The molecule has 2 aromatic rings. The van der Waals surface area contributed by atoms with Crippen LogP contribution in [0.15, 0.2) is 48.5 Å². The molecule has 1 saturated heterocycles. The van der Waals surface area contributed by atoms with Crippen molar-refractivity contribution in [3.63, 3.8) is 0 Å². The van der Waals surface area contributed by atoms with Crippen molar-refractivity contribution in [1.82, 2.24) is 4.90 Å². The molecule has 1 aliphatic heterocycles. The van der Waals surface area contributed by atoms with E-state index in [1.54, 1.807) is 24.3 Å². The highest BCUT2D eigenvalue weighted by atomic mass is 19.1. The van der Waals surface area contributed by atoms with Crippen LogP contribution in [-0.4, -0.2) is 49.3 Å². The Morgan fingerprint density at radius 2 is 1.57 bits per heavy atom. The van der Waals surface area contributed by atoms with Crippen molar-refractivity contribution in [3.05, 3.63) is 54.3 Å². The van der Waals surface area contributed by atoms with E-state index in [-0.39, 0.29) is 5.82 Å². The van der Waals surface area contributed by atoms with Crippen molar-refractivity contribution in [2.75, 3.05) is 44.2 Å². The van der Waals surface area contributed by atoms with E-state index >= 15 is 0 Å². The van der Waals surface area contributed by atoms with E-state index in [4.69, 9.17) is 4.74 Å². The summed E-state index contributed by atoms with van der Waals surface area (Å²) in [5, 5.41) is 9.34. The Balaban J connectivity index is 1.40. The molecule has 0 atom stereocenters. The van der Waals surface area contributed by atoms with Crippen LogP contribution in [0.25, 0.3) is 0 Å². The lowest BCUT2D eigenvalue weighted by molar-refractivity contribution is 0.200. The van der Waals surface area contributed by atoms with Gasteiger partial charge in [0.05, 0.1) is 0 Å². The normalized spacial score (nSPS) is 15.6. The first-order valence-electron chi connectivity index (χ1n) is 7.85. The van der Waals surface area contributed by atoms with Crippen LogP contribution in [0.4, 0.5) is 10.1 Å². The summed E-state index contributed by atoms with van der Waals surface area (Å²) in [6.45, 7) is 5.34. The highest BCUT2D eigenvalue weighted by Crippen LogP contribution is 2.19. The van der Waals surface area contributed by atoms with Crippen molar-refractivity contribution in [2.24, 2.45) is 0 Å². The summed E-state index contributed by atoms with van der Waals surface area (Å²) in [5.74, 6) is 0.752. The molecule has 1 aliphatic rings. The summed E-state index contributed by atoms with van der Waals surface area (Å²) >= 11 is 0. The molecule has 0 radical (unpaired) electrons. The van der Waals surface area contributed by atoms with Gasteiger partial charge in [0, 0.05) is 38.4 Å². The lowest BCUT2D eigenvalue weighted by Crippen LogP contribution is -2.47. The SMILES string of the molecule is Oc1ccc(N2CCN(CCOc3ccc(F)cc3)CC2)cc1. The van der Waals surface area contributed by atoms with E-state index in [2.05, 4.69) is 9.80 Å². The predicted molar refractivity (Wildman–Crippen MR) is 88.7 cm³/mol. The largest absolute Gasteiger partial charge is 0.508 e. The van der Waals surface area contributed by atoms with Gasteiger partial charge >= 0.3 is 0 Å². The van der Waals surface area contributed by atoms with Crippen molar-refractivity contribution in [2.45, 2.75) is 0 Å². The number of hydrogen-bond donors (Lipinski definition) is 1. The molecule has 0 unspecified atom stereocenters. The van der Waals surface area contributed by atoms with Gasteiger partial charge in [-0.05, 0) is 48.5 Å². The number of hydrogen-bond acceptors (Lipinski definition) is 4. The molecular formula is C18H21FN2O2. The van der Waals surface area contributed by atoms with E-state index in [9.17, 15) is 9.50 Å². The third-order valence-electron chi connectivity index (χ3n) is 4.08. The van der Waals surface area contributed by atoms with Crippen LogP contribution >= 0.6 is 0 Å². The molecule has 5 heteroatoms. The molecule has 23 heavy (non-hydrogen) atoms. The molecule has 3 rings (SSSR count). The molecule has 4 nitrogen and oxygen atoms in total. The maximum Gasteiger partial charge on any atom is 0.123 e. The van der Waals surface area contributed by atoms with Crippen molar-refractivity contribution in [3.8, 4) is 11.5 Å². The molecule has 0 aromatic heterocycles. The van der Waals surface area contributed by atoms with Crippen LogP contribution in [0, 0.1) is 5.82 Å². The molecule has 0 aliphatic carbocycles. The zero-order chi connectivity index (χ0) is 16.1. The first-order valence-corrected chi connectivity index (χ1v) is 7.85. The van der Waals surface area contributed by atoms with Gasteiger partial charge in [0.25, 0.3) is 0 Å². The minimum absolute atomic E-state index is 0.247. The number of phenolic OH excluding ortho intramolecular Hbond substituents is 1. The maximum absolute atomic E-state index is 12.8. The average Bonchev–Trinajstić information content (AvgIpc) is 2.58. The predicted octanol–water partition coefficient (Wildman–Crippen LogP) is 2.73. The molecule has 2 aromatic carbocycles. The van der Waals surface area contributed by atoms with Gasteiger partial charge in [0.2, 0.25) is 0 Å². The number of nitrogens with zero attached hydrogens (tertiary/aromatic N) is 2. The number of phenols is 1. The smallest absolute Gasteiger partial charge is 0.123 e. The zero-order valence-corrected chi connectivity index (χ0v) is 13.0. The summed E-state index contributed by atoms with van der Waals surface area (Å²) < 4.78 is 18.5. The van der Waals surface area contributed by atoms with Crippen LogP contribution in [0.2, 0.25) is 0 Å². The maximum atomic E-state index is 12.8. The van der Waals surface area contributed by atoms with Gasteiger partial charge in [0.15, 0.2) is 0 Å². The van der Waals surface area contributed by atoms with E-state index < -0.39 is 0 Å². The van der Waals surface area contributed by atoms with Crippen LogP contribution in [-0.2, 0) is 0 Å². The second-order valence-electron chi connectivity index (χ2n) is 5.65. The lowest BCUT2D eigenvalue weighted by atomic mass is 10.2. The Kier molecular flexibility index (Phi) is 4.98. The Bertz CT molecular complexity index is 605. The van der Waals surface area contributed by atoms with Gasteiger partial charge in [-0.1, -0.05) is 0 Å². The summed E-state index contributed by atoms with van der Waals surface area (Å²) in [7, 11) is 0. The second kappa shape index (κ2) is 7.33. The molecule has 1 N–H and O–H groups in total. The third kappa shape index (κ3) is 4.36. The third-order valence-corrected chi connectivity index (χ3v) is 4.08. The van der Waals surface area contributed by atoms with Crippen LogP contribution < -0.4 is 9.64 Å². The number of piperazine rings is 1. The topological polar surface area (TPSA) is 35.9 Å². The molecule has 0 saturated carbocycles. The van der Waals surface area contributed by atoms with E-state index in [0.29, 0.717) is 18.1 Å². The monoisotopic (exact) mass is 316 g/mol. The Labute approximate surface area is 135 Å². The molecule has 0 amide bonds. The fourth-order valence-electron chi connectivity index (χ4n) is 2.72. The number of benzene rings is 2. The second-order valence-corrected chi connectivity index (χ2v) is 5.65. The quantitative estimate of drug-likeness (QED) is 0.920. The van der Waals surface area contributed by atoms with Gasteiger partial charge in [0.1, 0.15) is 23.9 Å². The molecule has 122 valence electrons. The van der Waals surface area contributed by atoms with Crippen LogP contribution in [0.3, 0.4) is 0 Å². The van der Waals surface area contributed by atoms with Crippen molar-refractivity contribution in [1.29, 1.82) is 0 Å². The highest BCUT2D eigenvalue weighted by Gasteiger charge is 2.16. The molecular weight excluding hydrogens is 295 g/mol. The number of anilines is 1. The minimum atomic E-state index is -0.247. The fourth-order valence-corrected chi connectivity index (χ4v) is 2.72. The van der Waals surface area contributed by atoms with Gasteiger partial charge < -0.3 is 14.7 Å². The standard InChI is InChI=1S/C18H21FN2O2/c19-15-1-7-18(8-2-15)23-14-13-20-9-11-21(12-10-20)16-3-5-17(22)6-4-16/h1-8,22H,9-14H2. The fraction of sp³-hybridized carbons (Fsp3) is 0.333. The van der Waals surface area contributed by atoms with E-state index in [0.717, 1.165) is 38.4 Å². The van der Waals surface area contributed by atoms with Gasteiger partial charge in [-0.15, -0.1) is 0 Å². The Hall–Kier alpha value is -2.27. The Morgan fingerprint density at radius 1 is 0.913 bits per heavy atom. The summed E-state index contributed by atoms with van der Waals surface area (Å²) in [6, 6.07) is 13.5. The Morgan fingerprint density at radius 3 is 2.22 bits per heavy atom. The average molecular weight is 316 g/mol. The number of halogens is 1. The van der Waals surface area contributed by atoms with Crippen molar-refractivity contribution < 1.29 is 14.2 Å². The van der Waals surface area contributed by atoms with Crippen LogP contribution in [0.5, 0.6) is 11.5 Å². The number of ether oxygens (including phenoxy) is 1. The molecule has 1 heterocycles. The number of rotatable bonds is 5. The summed E-state index contributed by atoms with van der Waals surface area (Å²) in [6.07, 6.45) is 0. The van der Waals surface area contributed by atoms with E-state index in [1.807, 2.05) is 12.1 Å². The summed E-state index contributed by atoms with van der Waals surface area (Å²) in [4.78, 5) is 4.68. The molecule has 1 fully saturated rings. The highest BCUT2D eigenvalue weighted by molar-refractivity contribution is 5.49. The van der Waals surface area contributed by atoms with Gasteiger partial charge in [-0.25, -0.2) is 4.39 Å². The van der Waals surface area contributed by atoms with Gasteiger partial charge in [-0.2, -0.15) is 0 Å². The first-order chi connectivity index (χ1) is 11.2. The van der Waals surface area contributed by atoms with E-state index in [1.165, 1.54) is 12.1 Å². The summed E-state index contributed by atoms with van der Waals surface area (Å²) in [5.41, 5.74) is 1.14. The minimum Gasteiger partial charge on any atom is -0.508 e. The first kappa shape index (κ1) is 15.6. The molecule has 0 spiro atoms. The van der Waals surface area contributed by atoms with Gasteiger partial charge in [-0.3, -0.25) is 4.90 Å². The molecule has 0 bridgehead atoms. The zero-order valence-electron chi connectivity index (χ0n) is 13.0. The number of aromatic hydroxyl groups is 1. The van der Waals surface area contributed by atoms with Crippen LogP contribution in [0.1, 0.15) is 0 Å². The van der Waals surface area contributed by atoms with Crippen molar-refractivity contribution >= 4 is 5.69 Å².